The number of nitrogens with zero attached hydrogens (tertiary/aromatic N) is 3. The van der Waals surface area contributed by atoms with E-state index in [-0.39, 0.29) is 12.4 Å². The lowest BCUT2D eigenvalue weighted by Crippen LogP contribution is -2.57. The Morgan fingerprint density at radius 1 is 1.52 bits per heavy atom. The number of aromatic nitrogens is 3. The number of nitrogen functional groups attached to an aromatic ring is 1. The molecular weight excluding hydrogens is 276 g/mol. The van der Waals surface area contributed by atoms with Crippen LogP contribution in [0.5, 0.6) is 0 Å². The minimum Gasteiger partial charge on any atom is -0.393 e. The van der Waals surface area contributed by atoms with Gasteiger partial charge in [-0.1, -0.05) is 12.7 Å². The molecular formula is C13H16N4O4. The van der Waals surface area contributed by atoms with E-state index < -0.39 is 24.0 Å². The molecule has 0 amide bonds. The number of aliphatic hydroxyl groups excluding tert-OH is 1. The van der Waals surface area contributed by atoms with Crippen LogP contribution in [0.25, 0.3) is 11.0 Å². The van der Waals surface area contributed by atoms with Gasteiger partial charge < -0.3 is 25.8 Å². The Morgan fingerprint density at radius 2 is 2.29 bits per heavy atom. The van der Waals surface area contributed by atoms with Crippen molar-refractivity contribution in [3.8, 4) is 0 Å². The third-order valence-electron chi connectivity index (χ3n) is 3.97. The van der Waals surface area contributed by atoms with Gasteiger partial charge in [-0.3, -0.25) is 4.57 Å². The molecule has 0 aliphatic carbocycles. The van der Waals surface area contributed by atoms with Crippen molar-refractivity contribution in [3.63, 3.8) is 0 Å². The summed E-state index contributed by atoms with van der Waals surface area (Å²) in [5.41, 5.74) is 2.37. The Morgan fingerprint density at radius 3 is 2.95 bits per heavy atom. The summed E-state index contributed by atoms with van der Waals surface area (Å²) < 4.78 is 6.64. The highest BCUT2D eigenvalue weighted by Gasteiger charge is 2.60. The predicted octanol–water partition coefficient (Wildman–Crippen LogP) is -1.03. The Balaban J connectivity index is 2.27. The summed E-state index contributed by atoms with van der Waals surface area (Å²) in [7, 11) is 0. The Labute approximate surface area is 120 Å². The first-order chi connectivity index (χ1) is 9.98. The van der Waals surface area contributed by atoms with Crippen molar-refractivity contribution in [3.05, 3.63) is 31.2 Å². The highest BCUT2D eigenvalue weighted by Crippen LogP contribution is 2.42. The highest BCUT2D eigenvalue weighted by molar-refractivity contribution is 5.86. The van der Waals surface area contributed by atoms with Crippen LogP contribution in [-0.2, 0) is 10.5 Å². The zero-order chi connectivity index (χ0) is 15.3. The van der Waals surface area contributed by atoms with Crippen molar-refractivity contribution >= 4 is 16.9 Å². The topological polar surface area (TPSA) is 127 Å². The standard InChI is InChI=1S/C13H16N4O4/c1-2-12(19)6-21-9(5-18)13(12,20)17-4-3-8-10(14)15-7-16-11(8)17/h2-4,7,9,18-20H,1,5-6H2,(H2,14,15,16)/t9-,12+,13-/m1/s1. The lowest BCUT2D eigenvalue weighted by molar-refractivity contribution is -0.175. The highest BCUT2D eigenvalue weighted by atomic mass is 16.6. The average Bonchev–Trinajstić information content (AvgIpc) is 3.02. The van der Waals surface area contributed by atoms with Gasteiger partial charge in [0.05, 0.1) is 18.6 Å². The molecule has 1 aliphatic heterocycles. The van der Waals surface area contributed by atoms with E-state index >= 15 is 0 Å². The van der Waals surface area contributed by atoms with E-state index in [1.54, 1.807) is 6.07 Å². The molecule has 112 valence electrons. The molecule has 0 unspecified atom stereocenters. The number of ether oxygens (including phenoxy) is 1. The van der Waals surface area contributed by atoms with E-state index in [1.807, 2.05) is 0 Å². The van der Waals surface area contributed by atoms with Crippen LogP contribution in [0.4, 0.5) is 5.82 Å². The van der Waals surface area contributed by atoms with E-state index in [4.69, 9.17) is 10.5 Å². The van der Waals surface area contributed by atoms with Crippen molar-refractivity contribution in [2.45, 2.75) is 17.4 Å². The zero-order valence-electron chi connectivity index (χ0n) is 11.2. The Kier molecular flexibility index (Phi) is 2.99. The molecule has 0 spiro atoms. The van der Waals surface area contributed by atoms with Crippen LogP contribution < -0.4 is 5.73 Å². The molecule has 2 aromatic heterocycles. The number of hydrogen-bond donors (Lipinski definition) is 4. The van der Waals surface area contributed by atoms with Crippen LogP contribution in [-0.4, -0.2) is 54.8 Å². The van der Waals surface area contributed by atoms with E-state index in [2.05, 4.69) is 16.5 Å². The first-order valence-electron chi connectivity index (χ1n) is 6.36. The van der Waals surface area contributed by atoms with Crippen LogP contribution in [0.3, 0.4) is 0 Å². The lowest BCUT2D eigenvalue weighted by Gasteiger charge is -2.38. The van der Waals surface area contributed by atoms with Gasteiger partial charge in [-0.05, 0) is 6.07 Å². The van der Waals surface area contributed by atoms with E-state index in [0.29, 0.717) is 11.0 Å². The van der Waals surface area contributed by atoms with Crippen molar-refractivity contribution in [1.82, 2.24) is 14.5 Å². The van der Waals surface area contributed by atoms with Gasteiger partial charge in [-0.25, -0.2) is 9.97 Å². The second-order valence-electron chi connectivity index (χ2n) is 5.02. The smallest absolute Gasteiger partial charge is 0.207 e. The van der Waals surface area contributed by atoms with Gasteiger partial charge >= 0.3 is 0 Å². The maximum absolute atomic E-state index is 11.1. The number of fused-ring (bicyclic) bond motifs is 1. The molecule has 0 radical (unpaired) electrons. The van der Waals surface area contributed by atoms with E-state index in [9.17, 15) is 15.3 Å². The normalized spacial score (nSPS) is 32.6. The number of hydrogen-bond acceptors (Lipinski definition) is 7. The number of rotatable bonds is 3. The fraction of sp³-hybridized carbons (Fsp3) is 0.385. The first-order valence-corrected chi connectivity index (χ1v) is 6.36. The Hall–Kier alpha value is -2.00. The number of nitrogens with two attached hydrogens (primary N) is 1. The SMILES string of the molecule is C=C[C@]1(O)CO[C@H](CO)[C@]1(O)n1ccc2c(N)ncnc21. The fourth-order valence-electron chi connectivity index (χ4n) is 2.73. The summed E-state index contributed by atoms with van der Waals surface area (Å²) in [6.45, 7) is 2.87. The van der Waals surface area contributed by atoms with Crippen molar-refractivity contribution in [2.75, 3.05) is 18.9 Å². The Bertz CT molecular complexity index is 703. The van der Waals surface area contributed by atoms with Gasteiger partial charge in [-0.15, -0.1) is 0 Å². The van der Waals surface area contributed by atoms with Crippen LogP contribution in [0.1, 0.15) is 0 Å². The van der Waals surface area contributed by atoms with Crippen LogP contribution in [0.2, 0.25) is 0 Å². The van der Waals surface area contributed by atoms with Crippen molar-refractivity contribution < 1.29 is 20.1 Å². The van der Waals surface area contributed by atoms with Crippen molar-refractivity contribution in [1.29, 1.82) is 0 Å². The van der Waals surface area contributed by atoms with Gasteiger partial charge in [0.15, 0.2) is 5.60 Å². The number of aliphatic hydroxyl groups is 3. The summed E-state index contributed by atoms with van der Waals surface area (Å²) in [4.78, 5) is 7.96. The molecule has 1 fully saturated rings. The van der Waals surface area contributed by atoms with Gasteiger partial charge in [0.25, 0.3) is 0 Å². The van der Waals surface area contributed by atoms with Gasteiger partial charge in [0, 0.05) is 6.20 Å². The maximum atomic E-state index is 11.1. The molecule has 8 heteroatoms. The summed E-state index contributed by atoms with van der Waals surface area (Å²) in [5.74, 6) is 0.254. The predicted molar refractivity (Wildman–Crippen MR) is 74.1 cm³/mol. The van der Waals surface area contributed by atoms with Gasteiger partial charge in [-0.2, -0.15) is 0 Å². The largest absolute Gasteiger partial charge is 0.393 e. The van der Waals surface area contributed by atoms with Crippen LogP contribution >= 0.6 is 0 Å². The van der Waals surface area contributed by atoms with E-state index in [1.165, 1.54) is 23.2 Å². The number of anilines is 1. The second-order valence-corrected chi connectivity index (χ2v) is 5.02. The summed E-state index contributed by atoms with van der Waals surface area (Å²) in [5, 5.41) is 31.7. The fourth-order valence-corrected chi connectivity index (χ4v) is 2.73. The third-order valence-corrected chi connectivity index (χ3v) is 3.97. The zero-order valence-corrected chi connectivity index (χ0v) is 11.2. The second kappa shape index (κ2) is 4.50. The molecule has 5 N–H and O–H groups in total. The average molecular weight is 292 g/mol. The molecule has 3 rings (SSSR count). The molecule has 0 saturated carbocycles. The molecule has 0 bridgehead atoms. The quantitative estimate of drug-likeness (QED) is 0.532. The van der Waals surface area contributed by atoms with Crippen molar-refractivity contribution in [2.24, 2.45) is 0 Å². The lowest BCUT2D eigenvalue weighted by atomic mass is 9.89. The van der Waals surface area contributed by atoms with Crippen LogP contribution in [0, 0.1) is 0 Å². The molecule has 21 heavy (non-hydrogen) atoms. The summed E-state index contributed by atoms with van der Waals surface area (Å²) >= 11 is 0. The summed E-state index contributed by atoms with van der Waals surface area (Å²) in [6, 6.07) is 1.62. The summed E-state index contributed by atoms with van der Waals surface area (Å²) in [6.07, 6.45) is 2.93. The molecule has 0 aromatic carbocycles. The maximum Gasteiger partial charge on any atom is 0.207 e. The molecule has 3 atom stereocenters. The van der Waals surface area contributed by atoms with Crippen LogP contribution in [0.15, 0.2) is 31.2 Å². The molecule has 8 nitrogen and oxygen atoms in total. The van der Waals surface area contributed by atoms with Gasteiger partial charge in [0.2, 0.25) is 5.72 Å². The molecule has 2 aromatic rings. The monoisotopic (exact) mass is 292 g/mol. The minimum absolute atomic E-state index is 0.196. The van der Waals surface area contributed by atoms with Gasteiger partial charge in [0.1, 0.15) is 23.9 Å². The van der Waals surface area contributed by atoms with E-state index in [0.717, 1.165) is 0 Å². The molecule has 3 heterocycles. The first kappa shape index (κ1) is 14.0. The minimum atomic E-state index is -1.95. The third kappa shape index (κ3) is 1.64. The molecule has 1 saturated heterocycles. The molecule has 1 aliphatic rings.